The average Bonchev–Trinajstić information content (AvgIpc) is 2.55. The van der Waals surface area contributed by atoms with Gasteiger partial charge in [0.2, 0.25) is 0 Å². The number of halogens is 3. The second-order valence-corrected chi connectivity index (χ2v) is 5.18. The Labute approximate surface area is 140 Å². The third kappa shape index (κ3) is 3.82. The predicted molar refractivity (Wildman–Crippen MR) is 86.2 cm³/mol. The van der Waals surface area contributed by atoms with Crippen LogP contribution in [0.25, 0.3) is 11.2 Å². The molecule has 128 valence electrons. The van der Waals surface area contributed by atoms with Crippen LogP contribution < -0.4 is 10.6 Å². The molecule has 3 rings (SSSR count). The zero-order valence-electron chi connectivity index (χ0n) is 12.9. The van der Waals surface area contributed by atoms with Crippen molar-refractivity contribution in [3.8, 4) is 0 Å². The molecule has 0 radical (unpaired) electrons. The second-order valence-electron chi connectivity index (χ2n) is 5.18. The number of urea groups is 1. The summed E-state index contributed by atoms with van der Waals surface area (Å²) in [5, 5.41) is 4.91. The van der Waals surface area contributed by atoms with E-state index >= 15 is 0 Å². The fourth-order valence-electron chi connectivity index (χ4n) is 2.17. The molecular weight excluding hydrogens is 335 g/mol. The van der Waals surface area contributed by atoms with E-state index in [1.165, 1.54) is 24.5 Å². The average molecular weight is 347 g/mol. The van der Waals surface area contributed by atoms with Crippen molar-refractivity contribution in [1.29, 1.82) is 0 Å². The summed E-state index contributed by atoms with van der Waals surface area (Å²) < 4.78 is 38.1. The molecule has 2 aromatic heterocycles. The van der Waals surface area contributed by atoms with Crippen molar-refractivity contribution >= 4 is 28.6 Å². The lowest BCUT2D eigenvalue weighted by Crippen LogP contribution is -2.20. The molecule has 0 aliphatic rings. The van der Waals surface area contributed by atoms with E-state index in [0.717, 1.165) is 12.1 Å². The minimum absolute atomic E-state index is 0.0264. The van der Waals surface area contributed by atoms with Gasteiger partial charge in [-0.2, -0.15) is 13.2 Å². The van der Waals surface area contributed by atoms with Gasteiger partial charge in [0.05, 0.1) is 16.9 Å². The molecule has 0 atom stereocenters. The molecule has 0 saturated heterocycles. The van der Waals surface area contributed by atoms with Gasteiger partial charge in [-0.25, -0.2) is 14.8 Å². The molecule has 0 saturated carbocycles. The maximum absolute atomic E-state index is 12.7. The van der Waals surface area contributed by atoms with Gasteiger partial charge in [0.25, 0.3) is 0 Å². The number of fused-ring (bicyclic) bond motifs is 1. The highest BCUT2D eigenvalue weighted by Gasteiger charge is 2.30. The van der Waals surface area contributed by atoms with Crippen LogP contribution in [0.1, 0.15) is 11.3 Å². The zero-order valence-corrected chi connectivity index (χ0v) is 12.9. The molecule has 6 nitrogen and oxygen atoms in total. The van der Waals surface area contributed by atoms with Crippen molar-refractivity contribution in [3.05, 3.63) is 54.0 Å². The van der Waals surface area contributed by atoms with Crippen LogP contribution >= 0.6 is 0 Å². The van der Waals surface area contributed by atoms with Crippen molar-refractivity contribution in [3.63, 3.8) is 0 Å². The maximum Gasteiger partial charge on any atom is 0.416 e. The van der Waals surface area contributed by atoms with Crippen molar-refractivity contribution in [2.45, 2.75) is 13.1 Å². The number of hydrogen-bond acceptors (Lipinski definition) is 4. The molecule has 0 fully saturated rings. The first kappa shape index (κ1) is 16.6. The first-order valence-electron chi connectivity index (χ1n) is 7.16. The van der Waals surface area contributed by atoms with Crippen molar-refractivity contribution in [2.24, 2.45) is 0 Å². The number of pyridine rings is 1. The van der Waals surface area contributed by atoms with Gasteiger partial charge in [-0.3, -0.25) is 4.98 Å². The third-order valence-electron chi connectivity index (χ3n) is 3.35. The Bertz CT molecular complexity index is 942. The number of carbonyl (C=O) groups is 1. The predicted octanol–water partition coefficient (Wildman–Crippen LogP) is 4.00. The highest BCUT2D eigenvalue weighted by molar-refractivity contribution is 6.00. The topological polar surface area (TPSA) is 79.8 Å². The van der Waals surface area contributed by atoms with Gasteiger partial charge in [-0.15, -0.1) is 0 Å². The minimum atomic E-state index is -4.48. The minimum Gasteiger partial charge on any atom is -0.308 e. The first-order valence-corrected chi connectivity index (χ1v) is 7.16. The Morgan fingerprint density at radius 3 is 2.60 bits per heavy atom. The lowest BCUT2D eigenvalue weighted by Gasteiger charge is -2.12. The fraction of sp³-hybridized carbons (Fsp3) is 0.125. The molecule has 0 unspecified atom stereocenters. The lowest BCUT2D eigenvalue weighted by atomic mass is 10.2. The molecular formula is C16H12F3N5O. The first-order chi connectivity index (χ1) is 11.8. The summed E-state index contributed by atoms with van der Waals surface area (Å²) in [6, 6.07) is 5.28. The van der Waals surface area contributed by atoms with Crippen LogP contribution in [0.2, 0.25) is 0 Å². The number of aryl methyl sites for hydroxylation is 1. The number of nitrogens with one attached hydrogen (secondary N) is 2. The summed E-state index contributed by atoms with van der Waals surface area (Å²) in [6.07, 6.45) is -1.49. The SMILES string of the molecule is Cc1nc2nccnc2cc1NC(=O)Nc1cccc(C(F)(F)F)c1. The van der Waals surface area contributed by atoms with Crippen LogP contribution in [0.5, 0.6) is 0 Å². The van der Waals surface area contributed by atoms with Gasteiger partial charge in [0.1, 0.15) is 5.52 Å². The smallest absolute Gasteiger partial charge is 0.308 e. The van der Waals surface area contributed by atoms with E-state index in [1.54, 1.807) is 13.0 Å². The molecule has 2 amide bonds. The normalized spacial score (nSPS) is 11.4. The van der Waals surface area contributed by atoms with E-state index in [4.69, 9.17) is 0 Å². The molecule has 25 heavy (non-hydrogen) atoms. The molecule has 0 spiro atoms. The molecule has 2 N–H and O–H groups in total. The summed E-state index contributed by atoms with van der Waals surface area (Å²) in [5.41, 5.74) is 0.999. The number of alkyl halides is 3. The van der Waals surface area contributed by atoms with Crippen LogP contribution in [0.3, 0.4) is 0 Å². The van der Waals surface area contributed by atoms with Gasteiger partial charge in [0, 0.05) is 18.1 Å². The summed E-state index contributed by atoms with van der Waals surface area (Å²) in [4.78, 5) is 24.4. The highest BCUT2D eigenvalue weighted by atomic mass is 19.4. The summed E-state index contributed by atoms with van der Waals surface area (Å²) in [7, 11) is 0. The van der Waals surface area contributed by atoms with Crippen LogP contribution in [-0.2, 0) is 6.18 Å². The van der Waals surface area contributed by atoms with E-state index in [2.05, 4.69) is 25.6 Å². The largest absolute Gasteiger partial charge is 0.416 e. The van der Waals surface area contributed by atoms with Crippen LogP contribution in [0.15, 0.2) is 42.7 Å². The van der Waals surface area contributed by atoms with Crippen LogP contribution in [0.4, 0.5) is 29.3 Å². The molecule has 2 heterocycles. The van der Waals surface area contributed by atoms with Gasteiger partial charge in [-0.1, -0.05) is 6.07 Å². The quantitative estimate of drug-likeness (QED) is 0.734. The number of amides is 2. The third-order valence-corrected chi connectivity index (χ3v) is 3.35. The Balaban J connectivity index is 1.78. The summed E-state index contributed by atoms with van der Waals surface area (Å²) >= 11 is 0. The zero-order chi connectivity index (χ0) is 18.0. The second kappa shape index (κ2) is 6.34. The number of benzene rings is 1. The Morgan fingerprint density at radius 1 is 1.08 bits per heavy atom. The molecule has 0 bridgehead atoms. The van der Waals surface area contributed by atoms with Crippen molar-refractivity contribution in [2.75, 3.05) is 10.6 Å². The highest BCUT2D eigenvalue weighted by Crippen LogP contribution is 2.30. The van der Waals surface area contributed by atoms with E-state index in [-0.39, 0.29) is 5.69 Å². The van der Waals surface area contributed by atoms with E-state index < -0.39 is 17.8 Å². The molecule has 3 aromatic rings. The summed E-state index contributed by atoms with van der Waals surface area (Å²) in [6.45, 7) is 1.67. The number of anilines is 2. The van der Waals surface area contributed by atoms with Crippen LogP contribution in [0, 0.1) is 6.92 Å². The monoisotopic (exact) mass is 347 g/mol. The number of rotatable bonds is 2. The van der Waals surface area contributed by atoms with E-state index in [9.17, 15) is 18.0 Å². The van der Waals surface area contributed by atoms with E-state index in [0.29, 0.717) is 22.5 Å². The standard InChI is InChI=1S/C16H12F3N5O/c1-9-12(8-13-14(22-9)21-6-5-20-13)24-15(25)23-11-4-2-3-10(7-11)16(17,18)19/h2-8H,1H3,(H2,23,24,25). The fourth-order valence-corrected chi connectivity index (χ4v) is 2.17. The lowest BCUT2D eigenvalue weighted by molar-refractivity contribution is -0.137. The Hall–Kier alpha value is -3.23. The van der Waals surface area contributed by atoms with Gasteiger partial charge < -0.3 is 10.6 Å². The van der Waals surface area contributed by atoms with E-state index in [1.807, 2.05) is 0 Å². The summed E-state index contributed by atoms with van der Waals surface area (Å²) in [5.74, 6) is 0. The number of carbonyl (C=O) groups excluding carboxylic acids is 1. The maximum atomic E-state index is 12.7. The Morgan fingerprint density at radius 2 is 1.84 bits per heavy atom. The molecule has 9 heteroatoms. The number of nitrogens with zero attached hydrogens (tertiary/aromatic N) is 3. The number of aromatic nitrogens is 3. The van der Waals surface area contributed by atoms with Gasteiger partial charge in [-0.05, 0) is 31.2 Å². The van der Waals surface area contributed by atoms with Crippen molar-refractivity contribution < 1.29 is 18.0 Å². The molecule has 1 aromatic carbocycles. The Kier molecular flexibility index (Phi) is 4.22. The van der Waals surface area contributed by atoms with Crippen molar-refractivity contribution in [1.82, 2.24) is 15.0 Å². The molecule has 0 aliphatic heterocycles. The molecule has 0 aliphatic carbocycles. The van der Waals surface area contributed by atoms with Gasteiger partial charge in [0.15, 0.2) is 5.65 Å². The van der Waals surface area contributed by atoms with Gasteiger partial charge >= 0.3 is 12.2 Å². The van der Waals surface area contributed by atoms with Crippen LogP contribution in [-0.4, -0.2) is 21.0 Å². The number of hydrogen-bond donors (Lipinski definition) is 2.